The topological polar surface area (TPSA) is 55.1 Å². The summed E-state index contributed by atoms with van der Waals surface area (Å²) in [4.78, 5) is 10.9. The van der Waals surface area contributed by atoms with Crippen LogP contribution in [0.5, 0.6) is 0 Å². The fourth-order valence-electron chi connectivity index (χ4n) is 1.07. The van der Waals surface area contributed by atoms with Crippen molar-refractivity contribution < 1.29 is 4.79 Å². The van der Waals surface area contributed by atoms with Gasteiger partial charge in [0.2, 0.25) is 5.12 Å². The Labute approximate surface area is 82.7 Å². The van der Waals surface area contributed by atoms with E-state index in [-0.39, 0.29) is 5.12 Å². The Hall–Kier alpha value is -0.840. The largest absolute Gasteiger partial charge is 0.286 e. The summed E-state index contributed by atoms with van der Waals surface area (Å²) in [5.74, 6) is 5.20. The molecule has 0 saturated heterocycles. The van der Waals surface area contributed by atoms with Gasteiger partial charge in [-0.2, -0.15) is 0 Å². The highest BCUT2D eigenvalue weighted by molar-refractivity contribution is 7.96. The molecule has 0 radical (unpaired) electrons. The maximum atomic E-state index is 10.9. The highest BCUT2D eigenvalue weighted by Gasteiger charge is 2.12. The predicted octanol–water partition coefficient (Wildman–Crippen LogP) is 0.517. The Kier molecular flexibility index (Phi) is 3.95. The van der Waals surface area contributed by atoms with Crippen molar-refractivity contribution in [3.8, 4) is 0 Å². The van der Waals surface area contributed by atoms with E-state index in [9.17, 15) is 4.79 Å². The molecule has 1 atom stereocenters. The Morgan fingerprint density at radius 2 is 2.08 bits per heavy atom. The van der Waals surface area contributed by atoms with Crippen LogP contribution >= 0.6 is 12.6 Å². The smallest absolute Gasteiger partial charge is 0.204 e. The molecule has 1 aromatic rings. The second-order valence-corrected chi connectivity index (χ2v) is 3.19. The van der Waals surface area contributed by atoms with Crippen LogP contribution in [-0.4, -0.2) is 11.2 Å². The normalized spacial score (nSPS) is 12.5. The van der Waals surface area contributed by atoms with Crippen molar-refractivity contribution in [2.75, 3.05) is 0 Å². The number of rotatable bonds is 4. The van der Waals surface area contributed by atoms with Crippen LogP contribution in [0.4, 0.5) is 0 Å². The van der Waals surface area contributed by atoms with Crippen LogP contribution in [0, 0.1) is 0 Å². The fraction of sp³-hybridized carbons (Fsp3) is 0.222. The van der Waals surface area contributed by atoms with Gasteiger partial charge in [0.05, 0.1) is 6.04 Å². The number of carbonyl (C=O) groups excluding carboxylic acids is 1. The third kappa shape index (κ3) is 3.18. The van der Waals surface area contributed by atoms with E-state index in [0.29, 0.717) is 6.42 Å². The zero-order valence-electron chi connectivity index (χ0n) is 7.10. The van der Waals surface area contributed by atoms with Crippen molar-refractivity contribution in [1.82, 2.24) is 5.43 Å². The molecule has 0 aliphatic rings. The number of nitrogens with two attached hydrogens (primary N) is 1. The molecule has 0 bridgehead atoms. The maximum Gasteiger partial charge on any atom is 0.204 e. The van der Waals surface area contributed by atoms with Crippen LogP contribution in [0.15, 0.2) is 30.3 Å². The molecule has 0 unspecified atom stereocenters. The van der Waals surface area contributed by atoms with Gasteiger partial charge in [-0.15, -0.1) is 12.6 Å². The van der Waals surface area contributed by atoms with Gasteiger partial charge in [0.15, 0.2) is 0 Å². The minimum absolute atomic E-state index is 0.244. The van der Waals surface area contributed by atoms with Crippen LogP contribution in [0.2, 0.25) is 0 Å². The van der Waals surface area contributed by atoms with Crippen LogP contribution in [0.1, 0.15) is 5.56 Å². The van der Waals surface area contributed by atoms with Gasteiger partial charge >= 0.3 is 0 Å². The third-order valence-electron chi connectivity index (χ3n) is 1.78. The number of benzene rings is 1. The molecule has 70 valence electrons. The summed E-state index contributed by atoms with van der Waals surface area (Å²) in [6, 6.07) is 9.25. The molecule has 0 amide bonds. The maximum absolute atomic E-state index is 10.9. The minimum atomic E-state index is -0.411. The molecule has 4 heteroatoms. The average molecular weight is 196 g/mol. The van der Waals surface area contributed by atoms with Crippen LogP contribution in [-0.2, 0) is 11.2 Å². The Morgan fingerprint density at radius 1 is 1.46 bits per heavy atom. The summed E-state index contributed by atoms with van der Waals surface area (Å²) in [5.41, 5.74) is 3.49. The second-order valence-electron chi connectivity index (χ2n) is 2.75. The van der Waals surface area contributed by atoms with E-state index in [1.165, 1.54) is 0 Å². The van der Waals surface area contributed by atoms with Gasteiger partial charge in [-0.25, -0.2) is 5.43 Å². The molecule has 0 saturated carbocycles. The van der Waals surface area contributed by atoms with Crippen LogP contribution in [0.3, 0.4) is 0 Å². The molecule has 0 heterocycles. The standard InChI is InChI=1S/C9H12N2OS/c10-11-8(9(12)13)6-7-4-2-1-3-5-7/h1-5,8,11H,6,10H2,(H,12,13)/t8-/m0/s1. The number of carbonyl (C=O) groups is 1. The lowest BCUT2D eigenvalue weighted by atomic mass is 10.1. The Bertz CT molecular complexity index is 276. The summed E-state index contributed by atoms with van der Waals surface area (Å²) < 4.78 is 0. The van der Waals surface area contributed by atoms with E-state index in [1.807, 2.05) is 30.3 Å². The van der Waals surface area contributed by atoms with Crippen molar-refractivity contribution in [2.45, 2.75) is 12.5 Å². The van der Waals surface area contributed by atoms with Gasteiger partial charge in [0, 0.05) is 0 Å². The summed E-state index contributed by atoms with van der Waals surface area (Å²) in [6.07, 6.45) is 0.569. The second kappa shape index (κ2) is 5.01. The number of hydrogen-bond acceptors (Lipinski definition) is 3. The molecule has 0 aliphatic heterocycles. The number of thiol groups is 1. The molecule has 0 aliphatic carbocycles. The van der Waals surface area contributed by atoms with Crippen LogP contribution in [0.25, 0.3) is 0 Å². The first kappa shape index (κ1) is 10.2. The lowest BCUT2D eigenvalue weighted by Crippen LogP contribution is -2.41. The van der Waals surface area contributed by atoms with Crippen LogP contribution < -0.4 is 11.3 Å². The highest BCUT2D eigenvalue weighted by atomic mass is 32.1. The summed E-state index contributed by atoms with van der Waals surface area (Å²) in [5, 5.41) is -0.244. The van der Waals surface area contributed by atoms with E-state index in [1.54, 1.807) is 0 Å². The number of hydrazine groups is 1. The quantitative estimate of drug-likeness (QED) is 0.374. The monoisotopic (exact) mass is 196 g/mol. The van der Waals surface area contributed by atoms with E-state index >= 15 is 0 Å². The lowest BCUT2D eigenvalue weighted by Gasteiger charge is -2.10. The van der Waals surface area contributed by atoms with E-state index in [0.717, 1.165) is 5.56 Å². The minimum Gasteiger partial charge on any atom is -0.286 e. The van der Waals surface area contributed by atoms with Gasteiger partial charge in [-0.05, 0) is 12.0 Å². The highest BCUT2D eigenvalue weighted by Crippen LogP contribution is 2.04. The molecule has 0 fully saturated rings. The number of nitrogens with one attached hydrogen (secondary N) is 1. The molecule has 1 rings (SSSR count). The van der Waals surface area contributed by atoms with Gasteiger partial charge < -0.3 is 0 Å². The molecular formula is C9H12N2OS. The molecule has 3 nitrogen and oxygen atoms in total. The van der Waals surface area contributed by atoms with E-state index in [2.05, 4.69) is 18.1 Å². The molecule has 13 heavy (non-hydrogen) atoms. The molecule has 3 N–H and O–H groups in total. The zero-order valence-corrected chi connectivity index (χ0v) is 8.00. The Balaban J connectivity index is 2.62. The van der Waals surface area contributed by atoms with Gasteiger partial charge in [0.1, 0.15) is 0 Å². The van der Waals surface area contributed by atoms with Crippen molar-refractivity contribution in [3.63, 3.8) is 0 Å². The molecular weight excluding hydrogens is 184 g/mol. The summed E-state index contributed by atoms with van der Waals surface area (Å²) >= 11 is 3.72. The molecule has 0 aromatic heterocycles. The van der Waals surface area contributed by atoms with Gasteiger partial charge in [-0.1, -0.05) is 30.3 Å². The van der Waals surface area contributed by atoms with E-state index < -0.39 is 6.04 Å². The first-order chi connectivity index (χ1) is 6.24. The Morgan fingerprint density at radius 3 is 2.54 bits per heavy atom. The SMILES string of the molecule is NN[C@@H](Cc1ccccc1)C(=O)S. The number of hydrogen-bond donors (Lipinski definition) is 3. The van der Waals surface area contributed by atoms with Gasteiger partial charge in [-0.3, -0.25) is 10.6 Å². The fourth-order valence-corrected chi connectivity index (χ4v) is 1.23. The first-order valence-electron chi connectivity index (χ1n) is 3.97. The molecule has 1 aromatic carbocycles. The molecule has 0 spiro atoms. The van der Waals surface area contributed by atoms with Crippen molar-refractivity contribution >= 4 is 17.7 Å². The predicted molar refractivity (Wildman–Crippen MR) is 55.3 cm³/mol. The van der Waals surface area contributed by atoms with E-state index in [4.69, 9.17) is 5.84 Å². The van der Waals surface area contributed by atoms with Crippen molar-refractivity contribution in [3.05, 3.63) is 35.9 Å². The lowest BCUT2D eigenvalue weighted by molar-refractivity contribution is -0.112. The van der Waals surface area contributed by atoms with Crippen molar-refractivity contribution in [2.24, 2.45) is 5.84 Å². The van der Waals surface area contributed by atoms with Gasteiger partial charge in [0.25, 0.3) is 0 Å². The zero-order chi connectivity index (χ0) is 9.68. The first-order valence-corrected chi connectivity index (χ1v) is 4.41. The summed E-state index contributed by atoms with van der Waals surface area (Å²) in [7, 11) is 0. The third-order valence-corrected chi connectivity index (χ3v) is 2.09. The summed E-state index contributed by atoms with van der Waals surface area (Å²) in [6.45, 7) is 0. The average Bonchev–Trinajstić information content (AvgIpc) is 2.15. The van der Waals surface area contributed by atoms with Crippen molar-refractivity contribution in [1.29, 1.82) is 0 Å².